The number of aryl methyl sites for hydroxylation is 3. The van der Waals surface area contributed by atoms with Crippen LogP contribution in [0.15, 0.2) is 54.6 Å². The molecular formula is C19H19N3O2. The van der Waals surface area contributed by atoms with Crippen molar-refractivity contribution in [2.45, 2.75) is 12.8 Å². The molecule has 0 saturated carbocycles. The van der Waals surface area contributed by atoms with E-state index in [2.05, 4.69) is 16.7 Å². The largest absolute Gasteiger partial charge is 0.331 e. The summed E-state index contributed by atoms with van der Waals surface area (Å²) in [7, 11) is 2.00. The zero-order valence-electron chi connectivity index (χ0n) is 13.4. The van der Waals surface area contributed by atoms with Crippen LogP contribution in [0.25, 0.3) is 17.1 Å². The molecule has 0 spiro atoms. The highest BCUT2D eigenvalue weighted by Crippen LogP contribution is 2.19. The number of hydrogen-bond donors (Lipinski definition) is 2. The summed E-state index contributed by atoms with van der Waals surface area (Å²) in [4.78, 5) is 15.8. The first kappa shape index (κ1) is 16.0. The molecule has 3 aromatic rings. The van der Waals surface area contributed by atoms with Crippen LogP contribution >= 0.6 is 0 Å². The van der Waals surface area contributed by atoms with Crippen molar-refractivity contribution in [3.05, 3.63) is 71.6 Å². The molecule has 0 fully saturated rings. The Morgan fingerprint density at radius 1 is 1.21 bits per heavy atom. The van der Waals surface area contributed by atoms with Crippen LogP contribution in [0.3, 0.4) is 0 Å². The highest BCUT2D eigenvalue weighted by Gasteiger charge is 2.08. The van der Waals surface area contributed by atoms with Gasteiger partial charge in [0.2, 0.25) is 0 Å². The molecular weight excluding hydrogens is 302 g/mol. The van der Waals surface area contributed by atoms with Crippen LogP contribution in [0.5, 0.6) is 0 Å². The molecule has 122 valence electrons. The second-order valence-corrected chi connectivity index (χ2v) is 5.63. The molecule has 0 bridgehead atoms. The quantitative estimate of drug-likeness (QED) is 0.431. The standard InChI is InChI=1S/C19H19N3O2/c1-22-17-13-15(9-12-19(23)21-24)7-10-16(17)20-18(22)11-8-14-5-3-2-4-6-14/h2-7,9-10,12-13,24H,8,11H2,1H3,(H,21,23). The number of amides is 1. The van der Waals surface area contributed by atoms with Gasteiger partial charge in [0.15, 0.2) is 0 Å². The predicted octanol–water partition coefficient (Wildman–Crippen LogP) is 2.88. The third-order valence-electron chi connectivity index (χ3n) is 4.01. The molecule has 1 heterocycles. The zero-order valence-corrected chi connectivity index (χ0v) is 13.4. The number of nitrogens with zero attached hydrogens (tertiary/aromatic N) is 2. The minimum Gasteiger partial charge on any atom is -0.331 e. The summed E-state index contributed by atoms with van der Waals surface area (Å²) >= 11 is 0. The van der Waals surface area contributed by atoms with Gasteiger partial charge in [-0.05, 0) is 35.8 Å². The van der Waals surface area contributed by atoms with E-state index in [-0.39, 0.29) is 0 Å². The maximum atomic E-state index is 11.1. The second kappa shape index (κ2) is 7.10. The topological polar surface area (TPSA) is 67.2 Å². The molecule has 0 aliphatic rings. The molecule has 0 unspecified atom stereocenters. The summed E-state index contributed by atoms with van der Waals surface area (Å²) in [5, 5.41) is 8.52. The van der Waals surface area contributed by atoms with Gasteiger partial charge in [0.05, 0.1) is 11.0 Å². The van der Waals surface area contributed by atoms with Crippen molar-refractivity contribution in [2.75, 3.05) is 0 Å². The number of fused-ring (bicyclic) bond motifs is 1. The summed E-state index contributed by atoms with van der Waals surface area (Å²) in [5.74, 6) is 0.478. The Bertz CT molecular complexity index is 882. The summed E-state index contributed by atoms with van der Waals surface area (Å²) in [6.07, 6.45) is 4.75. The second-order valence-electron chi connectivity index (χ2n) is 5.63. The van der Waals surface area contributed by atoms with Crippen molar-refractivity contribution in [1.82, 2.24) is 15.0 Å². The molecule has 0 saturated heterocycles. The zero-order chi connectivity index (χ0) is 16.9. The fraction of sp³-hybridized carbons (Fsp3) is 0.158. The van der Waals surface area contributed by atoms with Crippen LogP contribution in [0.4, 0.5) is 0 Å². The van der Waals surface area contributed by atoms with E-state index < -0.39 is 5.91 Å². The SMILES string of the molecule is Cn1c(CCc2ccccc2)nc2ccc(C=CC(=O)NO)cc21. The average Bonchev–Trinajstić information content (AvgIpc) is 2.94. The maximum Gasteiger partial charge on any atom is 0.267 e. The summed E-state index contributed by atoms with van der Waals surface area (Å²) < 4.78 is 2.09. The number of rotatable bonds is 5. The van der Waals surface area contributed by atoms with Gasteiger partial charge in [-0.15, -0.1) is 0 Å². The maximum absolute atomic E-state index is 11.1. The van der Waals surface area contributed by atoms with E-state index in [1.54, 1.807) is 11.6 Å². The molecule has 24 heavy (non-hydrogen) atoms. The Kier molecular flexibility index (Phi) is 4.72. The van der Waals surface area contributed by atoms with Gasteiger partial charge in [-0.2, -0.15) is 0 Å². The van der Waals surface area contributed by atoms with Crippen LogP contribution in [0.1, 0.15) is 17.0 Å². The van der Waals surface area contributed by atoms with Crippen LogP contribution in [0.2, 0.25) is 0 Å². The minimum absolute atomic E-state index is 0.552. The predicted molar refractivity (Wildman–Crippen MR) is 93.5 cm³/mol. The van der Waals surface area contributed by atoms with Gasteiger partial charge in [0.1, 0.15) is 5.82 Å². The Morgan fingerprint density at radius 3 is 2.75 bits per heavy atom. The molecule has 2 aromatic carbocycles. The minimum atomic E-state index is -0.552. The lowest BCUT2D eigenvalue weighted by Crippen LogP contribution is -2.14. The third-order valence-corrected chi connectivity index (χ3v) is 4.01. The van der Waals surface area contributed by atoms with Gasteiger partial charge in [0, 0.05) is 19.5 Å². The summed E-state index contributed by atoms with van der Waals surface area (Å²) in [5.41, 5.74) is 5.70. The average molecular weight is 321 g/mol. The number of imidazole rings is 1. The van der Waals surface area contributed by atoms with Gasteiger partial charge in [-0.3, -0.25) is 10.0 Å². The van der Waals surface area contributed by atoms with Gasteiger partial charge in [-0.1, -0.05) is 36.4 Å². The van der Waals surface area contributed by atoms with E-state index in [9.17, 15) is 4.79 Å². The number of aromatic nitrogens is 2. The van der Waals surface area contributed by atoms with E-state index in [4.69, 9.17) is 10.2 Å². The summed E-state index contributed by atoms with van der Waals surface area (Å²) in [6, 6.07) is 16.2. The molecule has 5 nitrogen and oxygen atoms in total. The van der Waals surface area contributed by atoms with Crippen LogP contribution < -0.4 is 5.48 Å². The highest BCUT2D eigenvalue weighted by molar-refractivity contribution is 5.91. The van der Waals surface area contributed by atoms with Gasteiger partial charge >= 0.3 is 0 Å². The number of benzene rings is 2. The van der Waals surface area contributed by atoms with Gasteiger partial charge in [0.25, 0.3) is 5.91 Å². The third kappa shape index (κ3) is 3.52. The van der Waals surface area contributed by atoms with Crippen molar-refractivity contribution in [2.24, 2.45) is 7.05 Å². The van der Waals surface area contributed by atoms with Crippen molar-refractivity contribution in [3.8, 4) is 0 Å². The Hall–Kier alpha value is -2.92. The lowest BCUT2D eigenvalue weighted by atomic mass is 10.1. The van der Waals surface area contributed by atoms with Crippen LogP contribution in [-0.4, -0.2) is 20.7 Å². The van der Waals surface area contributed by atoms with E-state index in [0.29, 0.717) is 0 Å². The number of carbonyl (C=O) groups is 1. The molecule has 5 heteroatoms. The van der Waals surface area contributed by atoms with Crippen LogP contribution in [0, 0.1) is 0 Å². The molecule has 3 rings (SSSR count). The van der Waals surface area contributed by atoms with Crippen molar-refractivity contribution >= 4 is 23.0 Å². The van der Waals surface area contributed by atoms with Crippen molar-refractivity contribution in [3.63, 3.8) is 0 Å². The van der Waals surface area contributed by atoms with Gasteiger partial charge < -0.3 is 4.57 Å². The monoisotopic (exact) mass is 321 g/mol. The normalized spacial score (nSPS) is 11.2. The van der Waals surface area contributed by atoms with Crippen molar-refractivity contribution < 1.29 is 10.0 Å². The van der Waals surface area contributed by atoms with E-state index in [1.165, 1.54) is 11.6 Å². The molecule has 1 aromatic heterocycles. The van der Waals surface area contributed by atoms with Gasteiger partial charge in [-0.25, -0.2) is 10.5 Å². The van der Waals surface area contributed by atoms with E-state index >= 15 is 0 Å². The Labute approximate surface area is 140 Å². The number of carbonyl (C=O) groups excluding carboxylic acids is 1. The Balaban J connectivity index is 1.82. The first-order valence-electron chi connectivity index (χ1n) is 7.79. The lowest BCUT2D eigenvalue weighted by molar-refractivity contribution is -0.124. The molecule has 0 atom stereocenters. The fourth-order valence-electron chi connectivity index (χ4n) is 2.69. The molecule has 0 aliphatic heterocycles. The van der Waals surface area contributed by atoms with E-state index in [0.717, 1.165) is 35.3 Å². The van der Waals surface area contributed by atoms with Crippen LogP contribution in [-0.2, 0) is 24.7 Å². The fourth-order valence-corrected chi connectivity index (χ4v) is 2.69. The van der Waals surface area contributed by atoms with Crippen molar-refractivity contribution in [1.29, 1.82) is 0 Å². The number of hydrogen-bond acceptors (Lipinski definition) is 3. The first-order valence-corrected chi connectivity index (χ1v) is 7.79. The summed E-state index contributed by atoms with van der Waals surface area (Å²) in [6.45, 7) is 0. The van der Waals surface area contributed by atoms with E-state index in [1.807, 2.05) is 43.4 Å². The highest BCUT2D eigenvalue weighted by atomic mass is 16.5. The molecule has 0 radical (unpaired) electrons. The number of nitrogens with one attached hydrogen (secondary N) is 1. The molecule has 2 N–H and O–H groups in total. The number of hydroxylamine groups is 1. The Morgan fingerprint density at radius 2 is 2.00 bits per heavy atom. The molecule has 0 aliphatic carbocycles. The first-order chi connectivity index (χ1) is 11.7. The lowest BCUT2D eigenvalue weighted by Gasteiger charge is -2.03. The smallest absolute Gasteiger partial charge is 0.267 e. The molecule has 1 amide bonds.